The zero-order chi connectivity index (χ0) is 18.4. The summed E-state index contributed by atoms with van der Waals surface area (Å²) in [4.78, 5) is 22.0. The van der Waals surface area contributed by atoms with E-state index in [0.29, 0.717) is 34.0 Å². The second kappa shape index (κ2) is 5.94. The molecule has 0 bridgehead atoms. The third-order valence-electron chi connectivity index (χ3n) is 4.44. The van der Waals surface area contributed by atoms with Crippen LogP contribution in [-0.4, -0.2) is 32.6 Å². The van der Waals surface area contributed by atoms with Crippen molar-refractivity contribution in [3.63, 3.8) is 0 Å². The van der Waals surface area contributed by atoms with Crippen LogP contribution in [0.2, 0.25) is 0 Å². The summed E-state index contributed by atoms with van der Waals surface area (Å²) < 4.78 is 6.70. The molecule has 0 atom stereocenters. The van der Waals surface area contributed by atoms with Crippen molar-refractivity contribution in [2.75, 3.05) is 7.11 Å². The van der Waals surface area contributed by atoms with Gasteiger partial charge in [-0.15, -0.1) is 0 Å². The Morgan fingerprint density at radius 2 is 2.12 bits per heavy atom. The van der Waals surface area contributed by atoms with Gasteiger partial charge in [0.2, 0.25) is 0 Å². The predicted octanol–water partition coefficient (Wildman–Crippen LogP) is 2.53. The molecule has 0 spiro atoms. The Hall–Kier alpha value is -3.22. The minimum atomic E-state index is -0.229. The summed E-state index contributed by atoms with van der Waals surface area (Å²) in [6.07, 6.45) is 2.58. The molecule has 0 fully saturated rings. The lowest BCUT2D eigenvalue weighted by Crippen LogP contribution is -2.22. The van der Waals surface area contributed by atoms with Crippen molar-refractivity contribution in [3.05, 3.63) is 57.8 Å². The van der Waals surface area contributed by atoms with Gasteiger partial charge in [-0.2, -0.15) is 0 Å². The van der Waals surface area contributed by atoms with Gasteiger partial charge in [0.05, 0.1) is 18.2 Å². The first-order chi connectivity index (χ1) is 12.5. The number of hydrogen-bond acceptors (Lipinski definition) is 6. The fourth-order valence-corrected chi connectivity index (χ4v) is 3.33. The van der Waals surface area contributed by atoms with Gasteiger partial charge in [-0.1, -0.05) is 19.0 Å². The van der Waals surface area contributed by atoms with Crippen molar-refractivity contribution in [1.29, 1.82) is 0 Å². The molecular formula is C19H18N4O3. The molecule has 3 aromatic rings. The Morgan fingerprint density at radius 3 is 2.81 bits per heavy atom. The fourth-order valence-electron chi connectivity index (χ4n) is 3.33. The number of pyridine rings is 1. The molecule has 0 saturated carbocycles. The number of rotatable bonds is 3. The van der Waals surface area contributed by atoms with Crippen LogP contribution in [-0.2, 0) is 6.42 Å². The van der Waals surface area contributed by atoms with E-state index in [0.717, 1.165) is 12.0 Å². The molecule has 0 saturated heterocycles. The Kier molecular flexibility index (Phi) is 3.72. The van der Waals surface area contributed by atoms with Crippen LogP contribution in [0.5, 0.6) is 5.75 Å². The van der Waals surface area contributed by atoms with Crippen LogP contribution in [0.1, 0.15) is 30.8 Å². The number of benzene rings is 1. The highest BCUT2D eigenvalue weighted by Gasteiger charge is 2.30. The zero-order valence-corrected chi connectivity index (χ0v) is 14.7. The minimum Gasteiger partial charge on any atom is -0.497 e. The smallest absolute Gasteiger partial charge is 0.267 e. The number of oxime groups is 1. The normalized spacial score (nSPS) is 14.1. The van der Waals surface area contributed by atoms with Crippen molar-refractivity contribution in [1.82, 2.24) is 14.5 Å². The van der Waals surface area contributed by atoms with E-state index in [2.05, 4.69) is 29.0 Å². The molecule has 0 radical (unpaired) electrons. The van der Waals surface area contributed by atoms with E-state index in [4.69, 9.17) is 4.74 Å². The molecule has 132 valence electrons. The van der Waals surface area contributed by atoms with Crippen molar-refractivity contribution in [2.45, 2.75) is 20.3 Å². The number of methoxy groups -OCH3 is 1. The molecule has 7 heteroatoms. The van der Waals surface area contributed by atoms with Crippen molar-refractivity contribution in [2.24, 2.45) is 11.1 Å². The summed E-state index contributed by atoms with van der Waals surface area (Å²) in [5, 5.41) is 13.3. The van der Waals surface area contributed by atoms with E-state index in [-0.39, 0.29) is 17.1 Å². The van der Waals surface area contributed by atoms with Gasteiger partial charge in [0.1, 0.15) is 5.75 Å². The topological polar surface area (TPSA) is 89.6 Å². The van der Waals surface area contributed by atoms with Crippen LogP contribution in [0.4, 0.5) is 0 Å². The van der Waals surface area contributed by atoms with Gasteiger partial charge >= 0.3 is 0 Å². The van der Waals surface area contributed by atoms with Gasteiger partial charge in [0.15, 0.2) is 17.2 Å². The van der Waals surface area contributed by atoms with E-state index in [9.17, 15) is 10.0 Å². The Labute approximate surface area is 149 Å². The summed E-state index contributed by atoms with van der Waals surface area (Å²) in [6.45, 7) is 4.23. The van der Waals surface area contributed by atoms with Gasteiger partial charge in [-0.25, -0.2) is 9.97 Å². The molecule has 1 aliphatic heterocycles. The van der Waals surface area contributed by atoms with Crippen molar-refractivity contribution < 1.29 is 9.94 Å². The molecule has 0 aliphatic carbocycles. The first-order valence-corrected chi connectivity index (χ1v) is 8.36. The molecule has 3 heterocycles. The molecule has 1 aromatic carbocycles. The standard InChI is InChI=1S/C19H18N4O3/c1-10(2)6-11-7-14-17(20-9-11)21-18-16(22-25)13-8-12(26-3)4-5-15(13)23(18)19(14)24/h4-5,7-10,25H,6H2,1-3H3/b22-16+. The van der Waals surface area contributed by atoms with Gasteiger partial charge in [-0.05, 0) is 42.2 Å². The first kappa shape index (κ1) is 16.3. The molecule has 2 aromatic heterocycles. The second-order valence-electron chi connectivity index (χ2n) is 6.72. The molecular weight excluding hydrogens is 332 g/mol. The van der Waals surface area contributed by atoms with Crippen LogP contribution in [0.15, 0.2) is 40.4 Å². The maximum Gasteiger partial charge on any atom is 0.267 e. The first-order valence-electron chi connectivity index (χ1n) is 8.36. The zero-order valence-electron chi connectivity index (χ0n) is 14.7. The summed E-state index contributed by atoms with van der Waals surface area (Å²) in [7, 11) is 1.55. The predicted molar refractivity (Wildman–Crippen MR) is 97.7 cm³/mol. The summed E-state index contributed by atoms with van der Waals surface area (Å²) >= 11 is 0. The largest absolute Gasteiger partial charge is 0.497 e. The lowest BCUT2D eigenvalue weighted by molar-refractivity contribution is 0.319. The van der Waals surface area contributed by atoms with E-state index in [1.54, 1.807) is 31.5 Å². The van der Waals surface area contributed by atoms with Crippen molar-refractivity contribution in [3.8, 4) is 11.4 Å². The number of nitrogens with zero attached hydrogens (tertiary/aromatic N) is 4. The summed E-state index contributed by atoms with van der Waals surface area (Å²) in [6, 6.07) is 7.09. The van der Waals surface area contributed by atoms with Crippen LogP contribution >= 0.6 is 0 Å². The second-order valence-corrected chi connectivity index (χ2v) is 6.72. The van der Waals surface area contributed by atoms with Crippen LogP contribution in [0.25, 0.3) is 16.7 Å². The van der Waals surface area contributed by atoms with E-state index < -0.39 is 0 Å². The molecule has 26 heavy (non-hydrogen) atoms. The van der Waals surface area contributed by atoms with Crippen LogP contribution in [0.3, 0.4) is 0 Å². The maximum atomic E-state index is 13.2. The maximum absolute atomic E-state index is 13.2. The lowest BCUT2D eigenvalue weighted by atomic mass is 10.0. The number of aromatic nitrogens is 3. The molecule has 1 N–H and O–H groups in total. The molecule has 4 rings (SSSR count). The minimum absolute atomic E-state index is 0.228. The SMILES string of the molecule is COc1ccc2c(c1)/C(=N\O)c1nc3ncc(CC(C)C)cc3c(=O)n1-2. The quantitative estimate of drug-likeness (QED) is 0.453. The fraction of sp³-hybridized carbons (Fsp3) is 0.263. The van der Waals surface area contributed by atoms with E-state index in [1.807, 2.05) is 6.07 Å². The highest BCUT2D eigenvalue weighted by molar-refractivity contribution is 6.16. The molecule has 0 amide bonds. The van der Waals surface area contributed by atoms with Crippen LogP contribution < -0.4 is 10.3 Å². The van der Waals surface area contributed by atoms with Gasteiger partial charge in [0.25, 0.3) is 5.56 Å². The Morgan fingerprint density at radius 1 is 1.31 bits per heavy atom. The number of hydrogen-bond donors (Lipinski definition) is 1. The van der Waals surface area contributed by atoms with E-state index in [1.165, 1.54) is 4.57 Å². The number of fused-ring (bicyclic) bond motifs is 4. The third kappa shape index (κ3) is 2.35. The summed E-state index contributed by atoms with van der Waals surface area (Å²) in [5.41, 5.74) is 2.54. The average molecular weight is 350 g/mol. The number of ether oxygens (including phenoxy) is 1. The van der Waals surface area contributed by atoms with Crippen molar-refractivity contribution >= 4 is 16.7 Å². The third-order valence-corrected chi connectivity index (χ3v) is 4.44. The monoisotopic (exact) mass is 350 g/mol. The molecule has 7 nitrogen and oxygen atoms in total. The lowest BCUT2D eigenvalue weighted by Gasteiger charge is -2.08. The highest BCUT2D eigenvalue weighted by atomic mass is 16.5. The average Bonchev–Trinajstić information content (AvgIpc) is 2.94. The molecule has 1 aliphatic rings. The Bertz CT molecular complexity index is 1120. The van der Waals surface area contributed by atoms with Crippen LogP contribution in [0, 0.1) is 5.92 Å². The Balaban J connectivity index is 2.01. The van der Waals surface area contributed by atoms with E-state index >= 15 is 0 Å². The molecule has 0 unspecified atom stereocenters. The van der Waals surface area contributed by atoms with Gasteiger partial charge < -0.3 is 9.94 Å². The van der Waals surface area contributed by atoms with Gasteiger partial charge in [0, 0.05) is 11.8 Å². The highest BCUT2D eigenvalue weighted by Crippen LogP contribution is 2.29. The van der Waals surface area contributed by atoms with Gasteiger partial charge in [-0.3, -0.25) is 9.36 Å². The summed E-state index contributed by atoms with van der Waals surface area (Å²) in [5.74, 6) is 1.34.